The molecule has 0 bridgehead atoms. The average Bonchev–Trinajstić information content (AvgIpc) is 3.38. The number of β-amino-alcohol motifs (C(OH)–C–C–N with tert-alkyl or cyclic N) is 1. The molecule has 1 aliphatic heterocycles. The Bertz CT molecular complexity index is 1030. The highest BCUT2D eigenvalue weighted by molar-refractivity contribution is 7.18. The molecule has 9 nitrogen and oxygen atoms in total. The predicted octanol–water partition coefficient (Wildman–Crippen LogP) is 1.52. The fourth-order valence-corrected chi connectivity index (χ4v) is 4.82. The van der Waals surface area contributed by atoms with E-state index in [1.165, 1.54) is 22.2 Å². The fourth-order valence-electron chi connectivity index (χ4n) is 3.72. The van der Waals surface area contributed by atoms with E-state index in [1.807, 2.05) is 38.1 Å². The molecule has 0 aliphatic carbocycles. The van der Waals surface area contributed by atoms with Crippen molar-refractivity contribution in [1.29, 1.82) is 0 Å². The number of fused-ring (bicyclic) bond motifs is 1. The first-order chi connectivity index (χ1) is 13.8. The van der Waals surface area contributed by atoms with Gasteiger partial charge < -0.3 is 15.7 Å². The monoisotopic (exact) mass is 414 g/mol. The largest absolute Gasteiger partial charge is 0.391 e. The third-order valence-corrected chi connectivity index (χ3v) is 6.23. The molecule has 3 N–H and O–H groups in total. The molecule has 1 aromatic carbocycles. The van der Waals surface area contributed by atoms with Crippen LogP contribution in [0.4, 0.5) is 0 Å². The predicted molar refractivity (Wildman–Crippen MR) is 107 cm³/mol. The van der Waals surface area contributed by atoms with Gasteiger partial charge >= 0.3 is 0 Å². The highest BCUT2D eigenvalue weighted by Crippen LogP contribution is 2.38. The molecule has 0 radical (unpaired) electrons. The van der Waals surface area contributed by atoms with E-state index in [0.29, 0.717) is 6.42 Å². The van der Waals surface area contributed by atoms with Crippen LogP contribution in [0.1, 0.15) is 47.8 Å². The van der Waals surface area contributed by atoms with Crippen LogP contribution in [-0.2, 0) is 4.79 Å². The maximum Gasteiger partial charge on any atom is 0.270 e. The summed E-state index contributed by atoms with van der Waals surface area (Å²) in [5.74, 6) is -1.00. The summed E-state index contributed by atoms with van der Waals surface area (Å²) in [5.41, 5.74) is 6.15. The van der Waals surface area contributed by atoms with E-state index >= 15 is 0 Å². The number of benzene rings is 1. The third kappa shape index (κ3) is 3.60. The number of para-hydroxylation sites is 1. The summed E-state index contributed by atoms with van der Waals surface area (Å²) in [6.45, 7) is 4.01. The summed E-state index contributed by atoms with van der Waals surface area (Å²) >= 11 is 1.53. The zero-order valence-corrected chi connectivity index (χ0v) is 16.9. The number of aliphatic hydroxyl groups excluding tert-OH is 1. The number of thiazole rings is 1. The average molecular weight is 414 g/mol. The van der Waals surface area contributed by atoms with Gasteiger partial charge in [-0.2, -0.15) is 0 Å². The van der Waals surface area contributed by atoms with Crippen molar-refractivity contribution in [2.75, 3.05) is 6.54 Å². The lowest BCUT2D eigenvalue weighted by Crippen LogP contribution is -2.40. The van der Waals surface area contributed by atoms with Crippen molar-refractivity contribution in [2.24, 2.45) is 11.7 Å². The molecular formula is C19H22N6O3S. The zero-order chi connectivity index (χ0) is 20.7. The van der Waals surface area contributed by atoms with Crippen molar-refractivity contribution >= 4 is 33.4 Å². The number of hydrogen-bond acceptors (Lipinski definition) is 7. The maximum absolute atomic E-state index is 13.5. The van der Waals surface area contributed by atoms with Gasteiger partial charge in [0, 0.05) is 13.0 Å². The van der Waals surface area contributed by atoms with Crippen molar-refractivity contribution in [3.05, 3.63) is 41.2 Å². The van der Waals surface area contributed by atoms with E-state index < -0.39 is 18.1 Å². The van der Waals surface area contributed by atoms with E-state index in [0.717, 1.165) is 15.2 Å². The van der Waals surface area contributed by atoms with E-state index in [4.69, 9.17) is 5.73 Å². The van der Waals surface area contributed by atoms with Crippen LogP contribution in [0, 0.1) is 5.92 Å². The van der Waals surface area contributed by atoms with Crippen LogP contribution in [0.5, 0.6) is 0 Å². The van der Waals surface area contributed by atoms with Crippen LogP contribution >= 0.6 is 11.3 Å². The Labute approximate surface area is 171 Å². The second kappa shape index (κ2) is 7.53. The minimum absolute atomic E-state index is 0.00706. The number of aliphatic hydroxyl groups is 1. The van der Waals surface area contributed by atoms with Gasteiger partial charge in [-0.1, -0.05) is 31.2 Å². The van der Waals surface area contributed by atoms with Gasteiger partial charge in [0.2, 0.25) is 5.91 Å². The van der Waals surface area contributed by atoms with Crippen LogP contribution in [0.15, 0.2) is 30.5 Å². The molecule has 1 saturated heterocycles. The molecular weight excluding hydrogens is 392 g/mol. The second-order valence-electron chi connectivity index (χ2n) is 7.55. The number of aromatic nitrogens is 4. The van der Waals surface area contributed by atoms with Crippen LogP contribution in [0.3, 0.4) is 0 Å². The minimum Gasteiger partial charge on any atom is -0.391 e. The van der Waals surface area contributed by atoms with Gasteiger partial charge in [0.1, 0.15) is 11.0 Å². The number of carbonyl (C=O) groups is 2. The molecule has 0 saturated carbocycles. The summed E-state index contributed by atoms with van der Waals surface area (Å²) in [4.78, 5) is 31.2. The van der Waals surface area contributed by atoms with Gasteiger partial charge in [0.05, 0.1) is 28.6 Å². The van der Waals surface area contributed by atoms with Gasteiger partial charge in [-0.3, -0.25) is 9.59 Å². The molecule has 1 fully saturated rings. The number of nitrogens with zero attached hydrogens (tertiary/aromatic N) is 5. The second-order valence-corrected chi connectivity index (χ2v) is 8.61. The van der Waals surface area contributed by atoms with Gasteiger partial charge in [0.25, 0.3) is 5.91 Å². The Kier molecular flexibility index (Phi) is 5.05. The number of amides is 2. The Balaban J connectivity index is 1.67. The first-order valence-corrected chi connectivity index (χ1v) is 10.2. The van der Waals surface area contributed by atoms with E-state index in [-0.39, 0.29) is 30.1 Å². The Morgan fingerprint density at radius 2 is 2.07 bits per heavy atom. The molecule has 10 heteroatoms. The van der Waals surface area contributed by atoms with Crippen molar-refractivity contribution in [3.63, 3.8) is 0 Å². The molecule has 1 unspecified atom stereocenters. The lowest BCUT2D eigenvalue weighted by molar-refractivity contribution is -0.137. The molecule has 4 rings (SSSR count). The van der Waals surface area contributed by atoms with Crippen LogP contribution < -0.4 is 5.73 Å². The molecule has 0 spiro atoms. The molecule has 1 aliphatic rings. The van der Waals surface area contributed by atoms with Gasteiger partial charge in [-0.05, 0) is 18.1 Å². The summed E-state index contributed by atoms with van der Waals surface area (Å²) in [6, 6.07) is 6.82. The molecule has 2 aromatic heterocycles. The number of hydrogen-bond donors (Lipinski definition) is 2. The highest BCUT2D eigenvalue weighted by atomic mass is 32.1. The van der Waals surface area contributed by atoms with Crippen LogP contribution in [-0.4, -0.2) is 54.4 Å². The zero-order valence-electron chi connectivity index (χ0n) is 16.1. The van der Waals surface area contributed by atoms with Crippen molar-refractivity contribution in [3.8, 4) is 0 Å². The van der Waals surface area contributed by atoms with E-state index in [9.17, 15) is 14.7 Å². The number of likely N-dealkylation sites (tertiary alicyclic amines) is 1. The standard InChI is InChI=1S/C19H22N6O3S/c1-10(2)16(25-9-13(17(20)27)22-23-25)19(28)24-8-11(26)7-14(24)18-21-12-5-3-4-6-15(12)29-18/h3-6,9-11,14,16,26H,7-8H2,1-2H3,(H2,20,27)/t11-,14+,16?/m1/s1. The number of nitrogens with two attached hydrogens (primary N) is 1. The summed E-state index contributed by atoms with van der Waals surface area (Å²) in [7, 11) is 0. The molecule has 3 atom stereocenters. The summed E-state index contributed by atoms with van der Waals surface area (Å²) in [5, 5.41) is 18.8. The molecule has 29 heavy (non-hydrogen) atoms. The lowest BCUT2D eigenvalue weighted by Gasteiger charge is -2.29. The molecule has 3 heterocycles. The SMILES string of the molecule is CC(C)C(C(=O)N1C[C@H](O)C[C@H]1c1nc2ccccc2s1)n1cc(C(N)=O)nn1. The minimum atomic E-state index is -0.699. The summed E-state index contributed by atoms with van der Waals surface area (Å²) in [6.07, 6.45) is 1.20. The van der Waals surface area contributed by atoms with Gasteiger partial charge in [0.15, 0.2) is 5.69 Å². The topological polar surface area (TPSA) is 127 Å². The Hall–Kier alpha value is -2.85. The first kappa shape index (κ1) is 19.5. The van der Waals surface area contributed by atoms with Crippen molar-refractivity contribution < 1.29 is 14.7 Å². The Morgan fingerprint density at radius 3 is 2.72 bits per heavy atom. The van der Waals surface area contributed by atoms with E-state index in [1.54, 1.807) is 4.90 Å². The van der Waals surface area contributed by atoms with Crippen LogP contribution in [0.25, 0.3) is 10.2 Å². The summed E-state index contributed by atoms with van der Waals surface area (Å²) < 4.78 is 2.42. The lowest BCUT2D eigenvalue weighted by atomic mass is 10.0. The highest BCUT2D eigenvalue weighted by Gasteiger charge is 2.41. The molecule has 3 aromatic rings. The molecule has 2 amide bonds. The molecule has 152 valence electrons. The third-order valence-electron chi connectivity index (χ3n) is 5.09. The Morgan fingerprint density at radius 1 is 1.31 bits per heavy atom. The van der Waals surface area contributed by atoms with Gasteiger partial charge in [-0.25, -0.2) is 9.67 Å². The first-order valence-electron chi connectivity index (χ1n) is 9.40. The maximum atomic E-state index is 13.5. The fraction of sp³-hybridized carbons (Fsp3) is 0.421. The number of rotatable bonds is 5. The normalized spacial score (nSPS) is 20.5. The van der Waals surface area contributed by atoms with Crippen molar-refractivity contribution in [1.82, 2.24) is 24.9 Å². The number of carbonyl (C=O) groups excluding carboxylic acids is 2. The smallest absolute Gasteiger partial charge is 0.270 e. The van der Waals surface area contributed by atoms with Gasteiger partial charge in [-0.15, -0.1) is 16.4 Å². The van der Waals surface area contributed by atoms with E-state index in [2.05, 4.69) is 15.3 Å². The van der Waals surface area contributed by atoms with Crippen molar-refractivity contribution in [2.45, 2.75) is 38.5 Å². The van der Waals surface area contributed by atoms with Crippen LogP contribution in [0.2, 0.25) is 0 Å². The quantitative estimate of drug-likeness (QED) is 0.652. The number of primary amides is 1.